The largest absolute Gasteiger partial charge is 0.508 e. The zero-order valence-electron chi connectivity index (χ0n) is 19.3. The van der Waals surface area contributed by atoms with Crippen molar-refractivity contribution in [3.63, 3.8) is 0 Å². The SMILES string of the molecule is CCO[C@]1(CC)C(=O)OCc2c1cc1n(c2=O)Cc2cc3c(CN(C)C)c(O)ccc3nc2-1. The van der Waals surface area contributed by atoms with Gasteiger partial charge in [-0.1, -0.05) is 6.92 Å². The lowest BCUT2D eigenvalue weighted by atomic mass is 9.85. The van der Waals surface area contributed by atoms with Gasteiger partial charge in [-0.25, -0.2) is 9.78 Å². The zero-order valence-corrected chi connectivity index (χ0v) is 19.3. The van der Waals surface area contributed by atoms with Crippen molar-refractivity contribution in [2.75, 3.05) is 20.7 Å². The van der Waals surface area contributed by atoms with E-state index in [2.05, 4.69) is 0 Å². The van der Waals surface area contributed by atoms with Crippen molar-refractivity contribution in [1.82, 2.24) is 14.5 Å². The van der Waals surface area contributed by atoms with Crippen LogP contribution in [0.15, 0.2) is 29.1 Å². The van der Waals surface area contributed by atoms with E-state index < -0.39 is 11.6 Å². The molecule has 8 heteroatoms. The molecule has 172 valence electrons. The third-order valence-electron chi connectivity index (χ3n) is 6.61. The molecule has 1 N–H and O–H groups in total. The Labute approximate surface area is 191 Å². The normalized spacial score (nSPS) is 18.9. The average molecular weight is 450 g/mol. The van der Waals surface area contributed by atoms with E-state index in [0.29, 0.717) is 48.6 Å². The molecule has 0 saturated heterocycles. The number of phenols is 1. The van der Waals surface area contributed by atoms with Crippen molar-refractivity contribution < 1.29 is 19.4 Å². The summed E-state index contributed by atoms with van der Waals surface area (Å²) >= 11 is 0. The molecule has 0 bridgehead atoms. The van der Waals surface area contributed by atoms with Crippen LogP contribution >= 0.6 is 0 Å². The van der Waals surface area contributed by atoms with Crippen molar-refractivity contribution >= 4 is 16.9 Å². The Morgan fingerprint density at radius 1 is 1.24 bits per heavy atom. The van der Waals surface area contributed by atoms with E-state index in [-0.39, 0.29) is 17.9 Å². The standard InChI is InChI=1S/C25H27N3O5/c1-5-25(33-6-2)18-10-20-22-14(11-28(20)23(30)17(18)13-32-24(25)31)9-15-16(12-27(3)4)21(29)8-7-19(15)26-22/h7-10,29H,5-6,11-13H2,1-4H3/t25-/m0/s1. The molecule has 4 heterocycles. The second kappa shape index (κ2) is 7.67. The number of fused-ring (bicyclic) bond motifs is 5. The molecule has 0 spiro atoms. The van der Waals surface area contributed by atoms with E-state index in [9.17, 15) is 14.7 Å². The highest BCUT2D eigenvalue weighted by molar-refractivity contribution is 5.89. The minimum Gasteiger partial charge on any atom is -0.508 e. The van der Waals surface area contributed by atoms with Crippen LogP contribution in [-0.2, 0) is 39.6 Å². The lowest BCUT2D eigenvalue weighted by molar-refractivity contribution is -0.180. The topological polar surface area (TPSA) is 93.9 Å². The van der Waals surface area contributed by atoms with Crippen LogP contribution in [0.4, 0.5) is 0 Å². The third kappa shape index (κ3) is 3.08. The minimum absolute atomic E-state index is 0.0608. The smallest absolute Gasteiger partial charge is 0.343 e. The van der Waals surface area contributed by atoms with Crippen LogP contribution in [0, 0.1) is 0 Å². The summed E-state index contributed by atoms with van der Waals surface area (Å²) in [7, 11) is 3.89. The highest BCUT2D eigenvalue weighted by atomic mass is 16.6. The number of ether oxygens (including phenoxy) is 2. The first-order valence-electron chi connectivity index (χ1n) is 11.2. The van der Waals surface area contributed by atoms with Crippen LogP contribution < -0.4 is 5.56 Å². The molecule has 0 aliphatic carbocycles. The molecule has 5 rings (SSSR count). The summed E-state index contributed by atoms with van der Waals surface area (Å²) in [4.78, 5) is 33.2. The van der Waals surface area contributed by atoms with Crippen LogP contribution in [-0.4, -0.2) is 46.2 Å². The Hall–Kier alpha value is -3.23. The molecule has 2 aliphatic heterocycles. The van der Waals surface area contributed by atoms with Crippen LogP contribution in [0.1, 0.15) is 42.5 Å². The Morgan fingerprint density at radius 2 is 2.03 bits per heavy atom. The first-order valence-corrected chi connectivity index (χ1v) is 11.2. The number of aromatic nitrogens is 2. The molecule has 1 aromatic carbocycles. The van der Waals surface area contributed by atoms with Crippen LogP contribution in [0.3, 0.4) is 0 Å². The van der Waals surface area contributed by atoms with Crippen LogP contribution in [0.5, 0.6) is 5.75 Å². The number of carbonyl (C=O) groups excluding carboxylic acids is 1. The van der Waals surface area contributed by atoms with Crippen LogP contribution in [0.2, 0.25) is 0 Å². The number of carbonyl (C=O) groups is 1. The number of phenolic OH excluding ortho intramolecular Hbond substituents is 1. The van der Waals surface area contributed by atoms with Crippen molar-refractivity contribution in [1.29, 1.82) is 0 Å². The van der Waals surface area contributed by atoms with Gasteiger partial charge in [-0.15, -0.1) is 0 Å². The molecule has 2 aromatic heterocycles. The fourth-order valence-corrected chi connectivity index (χ4v) is 5.06. The molecular formula is C25H27N3O5. The molecule has 0 unspecified atom stereocenters. The number of hydrogen-bond acceptors (Lipinski definition) is 7. The number of cyclic esters (lactones) is 1. The van der Waals surface area contributed by atoms with E-state index in [0.717, 1.165) is 22.0 Å². The second-order valence-electron chi connectivity index (χ2n) is 8.87. The first kappa shape index (κ1) is 21.6. The molecule has 0 radical (unpaired) electrons. The Kier molecular flexibility index (Phi) is 5.02. The van der Waals surface area contributed by atoms with Gasteiger partial charge in [0.05, 0.1) is 29.0 Å². The molecule has 2 aliphatic rings. The summed E-state index contributed by atoms with van der Waals surface area (Å²) < 4.78 is 13.0. The van der Waals surface area contributed by atoms with Gasteiger partial charge in [0.1, 0.15) is 12.4 Å². The minimum atomic E-state index is -1.29. The summed E-state index contributed by atoms with van der Waals surface area (Å²) in [5.41, 5.74) is 3.38. The molecule has 8 nitrogen and oxygen atoms in total. The van der Waals surface area contributed by atoms with Crippen molar-refractivity contribution in [3.05, 3.63) is 56.9 Å². The number of esters is 1. The number of hydrogen-bond donors (Lipinski definition) is 1. The van der Waals surface area contributed by atoms with Gasteiger partial charge in [0, 0.05) is 35.2 Å². The van der Waals surface area contributed by atoms with Gasteiger partial charge in [0.15, 0.2) is 5.60 Å². The Bertz CT molecular complexity index is 1360. The average Bonchev–Trinajstić information content (AvgIpc) is 3.14. The molecule has 0 fully saturated rings. The molecule has 3 aromatic rings. The fraction of sp³-hybridized carbons (Fsp3) is 0.400. The highest BCUT2D eigenvalue weighted by Crippen LogP contribution is 2.41. The highest BCUT2D eigenvalue weighted by Gasteiger charge is 2.47. The molecule has 33 heavy (non-hydrogen) atoms. The summed E-state index contributed by atoms with van der Waals surface area (Å²) in [5, 5.41) is 11.3. The zero-order chi connectivity index (χ0) is 23.5. The number of aromatic hydroxyl groups is 1. The lowest BCUT2D eigenvalue weighted by Gasteiger charge is -2.35. The summed E-state index contributed by atoms with van der Waals surface area (Å²) in [6.45, 7) is 4.88. The van der Waals surface area contributed by atoms with Gasteiger partial charge in [0.25, 0.3) is 5.56 Å². The molecule has 0 saturated carbocycles. The van der Waals surface area contributed by atoms with Crippen molar-refractivity contribution in [2.45, 2.75) is 45.6 Å². The number of rotatable bonds is 5. The monoisotopic (exact) mass is 449 g/mol. The van der Waals surface area contributed by atoms with Gasteiger partial charge in [0.2, 0.25) is 0 Å². The molecule has 0 amide bonds. The quantitative estimate of drug-likeness (QED) is 0.468. The number of nitrogens with zero attached hydrogens (tertiary/aromatic N) is 3. The van der Waals surface area contributed by atoms with Gasteiger partial charge in [-0.05, 0) is 51.7 Å². The third-order valence-corrected chi connectivity index (χ3v) is 6.61. The summed E-state index contributed by atoms with van der Waals surface area (Å²) in [5.74, 6) is -0.238. The number of benzene rings is 1. The van der Waals surface area contributed by atoms with Crippen molar-refractivity contribution in [2.24, 2.45) is 0 Å². The van der Waals surface area contributed by atoms with E-state index in [4.69, 9.17) is 14.5 Å². The predicted octanol–water partition coefficient (Wildman–Crippen LogP) is 2.89. The van der Waals surface area contributed by atoms with Gasteiger partial charge in [-0.3, -0.25) is 4.79 Å². The fourth-order valence-electron chi connectivity index (χ4n) is 5.06. The molecule has 1 atom stereocenters. The van der Waals surface area contributed by atoms with Crippen molar-refractivity contribution in [3.8, 4) is 17.1 Å². The first-order chi connectivity index (χ1) is 15.8. The van der Waals surface area contributed by atoms with Crippen LogP contribution in [0.25, 0.3) is 22.3 Å². The lowest BCUT2D eigenvalue weighted by Crippen LogP contribution is -2.46. The van der Waals surface area contributed by atoms with E-state index >= 15 is 0 Å². The Morgan fingerprint density at radius 3 is 2.73 bits per heavy atom. The summed E-state index contributed by atoms with van der Waals surface area (Å²) in [6.07, 6.45) is 0.362. The van der Waals surface area contributed by atoms with Gasteiger partial charge < -0.3 is 24.0 Å². The van der Waals surface area contributed by atoms with E-state index in [1.54, 1.807) is 16.7 Å². The maximum absolute atomic E-state index is 13.5. The maximum atomic E-state index is 13.5. The predicted molar refractivity (Wildman–Crippen MR) is 123 cm³/mol. The number of pyridine rings is 2. The maximum Gasteiger partial charge on any atom is 0.343 e. The summed E-state index contributed by atoms with van der Waals surface area (Å²) in [6, 6.07) is 7.33. The Balaban J connectivity index is 1.74. The molecular weight excluding hydrogens is 422 g/mol. The van der Waals surface area contributed by atoms with E-state index in [1.807, 2.05) is 45.0 Å². The van der Waals surface area contributed by atoms with E-state index in [1.165, 1.54) is 0 Å². The second-order valence-corrected chi connectivity index (χ2v) is 8.87. The van der Waals surface area contributed by atoms with Gasteiger partial charge in [-0.2, -0.15) is 0 Å². The van der Waals surface area contributed by atoms with Gasteiger partial charge >= 0.3 is 5.97 Å².